The highest BCUT2D eigenvalue weighted by Gasteiger charge is 2.28. The maximum Gasteiger partial charge on any atom is 0.248 e. The molecule has 1 atom stereocenters. The standard InChI is InChI=1S/C23H30N2O4/c1-23(2,22(28)17-8-7-9-18(16-17)29-15-14-26)13-6-5-12-21(27)25-20-11-4-3-10-19(20)24/h3-5,7-12,16,22,26,28H,6,13-15,24H2,1-2H3,(H,25,27)/b12-5+/t22-/m0/s1. The summed E-state index contributed by atoms with van der Waals surface area (Å²) in [5.74, 6) is 0.373. The van der Waals surface area contributed by atoms with Gasteiger partial charge in [0.1, 0.15) is 12.4 Å². The molecule has 0 radical (unpaired) electrons. The third kappa shape index (κ3) is 6.93. The second-order valence-electron chi connectivity index (χ2n) is 7.55. The first kappa shape index (κ1) is 22.5. The SMILES string of the molecule is CC(C)(CC/C=C/C(=O)Nc1ccccc1N)[C@@H](O)c1cccc(OCCO)c1. The zero-order chi connectivity index (χ0) is 21.3. The first-order chi connectivity index (χ1) is 13.8. The van der Waals surface area contributed by atoms with Gasteiger partial charge in [-0.05, 0) is 54.2 Å². The van der Waals surface area contributed by atoms with Crippen LogP contribution in [0.5, 0.6) is 5.75 Å². The number of nitrogens with two attached hydrogens (primary N) is 1. The maximum absolute atomic E-state index is 12.0. The lowest BCUT2D eigenvalue weighted by Gasteiger charge is -2.30. The molecule has 2 aromatic rings. The van der Waals surface area contributed by atoms with Gasteiger partial charge in [-0.1, -0.05) is 44.2 Å². The van der Waals surface area contributed by atoms with Crippen LogP contribution in [0.15, 0.2) is 60.7 Å². The predicted octanol–water partition coefficient (Wildman–Crippen LogP) is 3.67. The van der Waals surface area contributed by atoms with Gasteiger partial charge in [-0.2, -0.15) is 0 Å². The smallest absolute Gasteiger partial charge is 0.248 e. The largest absolute Gasteiger partial charge is 0.491 e. The summed E-state index contributed by atoms with van der Waals surface area (Å²) in [5.41, 5.74) is 7.27. The highest BCUT2D eigenvalue weighted by atomic mass is 16.5. The number of aliphatic hydroxyl groups is 2. The second kappa shape index (κ2) is 10.6. The molecule has 0 heterocycles. The van der Waals surface area contributed by atoms with Crippen LogP contribution in [0.3, 0.4) is 0 Å². The number of benzene rings is 2. The minimum Gasteiger partial charge on any atom is -0.491 e. The van der Waals surface area contributed by atoms with Gasteiger partial charge < -0.3 is 26.0 Å². The summed E-state index contributed by atoms with van der Waals surface area (Å²) in [6, 6.07) is 14.3. The fourth-order valence-electron chi connectivity index (χ4n) is 2.96. The lowest BCUT2D eigenvalue weighted by Crippen LogP contribution is -2.22. The van der Waals surface area contributed by atoms with E-state index >= 15 is 0 Å². The first-order valence-corrected chi connectivity index (χ1v) is 9.67. The number of carbonyl (C=O) groups is 1. The molecule has 2 aromatic carbocycles. The van der Waals surface area contributed by atoms with Crippen LogP contribution in [-0.4, -0.2) is 29.3 Å². The van der Waals surface area contributed by atoms with Crippen LogP contribution in [-0.2, 0) is 4.79 Å². The number of amides is 1. The molecule has 156 valence electrons. The molecule has 6 nitrogen and oxygen atoms in total. The van der Waals surface area contributed by atoms with Gasteiger partial charge in [0.2, 0.25) is 5.91 Å². The highest BCUT2D eigenvalue weighted by Crippen LogP contribution is 2.38. The number of hydrogen-bond acceptors (Lipinski definition) is 5. The van der Waals surface area contributed by atoms with Gasteiger partial charge in [0.05, 0.1) is 24.1 Å². The molecule has 0 aliphatic rings. The molecule has 6 heteroatoms. The van der Waals surface area contributed by atoms with Crippen LogP contribution in [0.2, 0.25) is 0 Å². The molecule has 0 aliphatic heterocycles. The quantitative estimate of drug-likeness (QED) is 0.361. The van der Waals surface area contributed by atoms with Crippen LogP contribution in [0.1, 0.15) is 38.4 Å². The molecule has 0 aliphatic carbocycles. The van der Waals surface area contributed by atoms with Crippen molar-refractivity contribution in [2.24, 2.45) is 5.41 Å². The second-order valence-corrected chi connectivity index (χ2v) is 7.55. The number of anilines is 2. The highest BCUT2D eigenvalue weighted by molar-refractivity contribution is 6.01. The summed E-state index contributed by atoms with van der Waals surface area (Å²) in [4.78, 5) is 12.0. The number of nitrogen functional groups attached to an aromatic ring is 1. The van der Waals surface area contributed by atoms with Gasteiger partial charge in [-0.3, -0.25) is 4.79 Å². The Bertz CT molecular complexity index is 833. The van der Waals surface area contributed by atoms with Crippen LogP contribution >= 0.6 is 0 Å². The number of aliphatic hydroxyl groups excluding tert-OH is 2. The molecular weight excluding hydrogens is 368 g/mol. The van der Waals surface area contributed by atoms with Crippen molar-refractivity contribution in [3.8, 4) is 5.75 Å². The Hall–Kier alpha value is -2.83. The van der Waals surface area contributed by atoms with Crippen LogP contribution in [0.4, 0.5) is 11.4 Å². The van der Waals surface area contributed by atoms with Crippen LogP contribution in [0, 0.1) is 5.41 Å². The van der Waals surface area contributed by atoms with Crippen molar-refractivity contribution in [3.63, 3.8) is 0 Å². The van der Waals surface area contributed by atoms with E-state index in [0.29, 0.717) is 30.0 Å². The van der Waals surface area contributed by atoms with E-state index in [1.54, 1.807) is 30.3 Å². The molecule has 0 bridgehead atoms. The molecule has 2 rings (SSSR count). The number of ether oxygens (including phenoxy) is 1. The summed E-state index contributed by atoms with van der Waals surface area (Å²) in [6.07, 6.45) is 3.92. The van der Waals surface area contributed by atoms with Crippen molar-refractivity contribution in [2.75, 3.05) is 24.3 Å². The molecule has 0 aromatic heterocycles. The average molecular weight is 399 g/mol. The zero-order valence-electron chi connectivity index (χ0n) is 17.0. The Balaban J connectivity index is 1.89. The fraction of sp³-hybridized carbons (Fsp3) is 0.348. The van der Waals surface area contributed by atoms with E-state index in [-0.39, 0.29) is 19.1 Å². The molecular formula is C23H30N2O4. The Kier molecular flexibility index (Phi) is 8.24. The minimum atomic E-state index is -0.688. The molecule has 29 heavy (non-hydrogen) atoms. The van der Waals surface area contributed by atoms with Crippen LogP contribution < -0.4 is 15.8 Å². The van der Waals surface area contributed by atoms with Gasteiger partial charge in [0, 0.05) is 0 Å². The van der Waals surface area contributed by atoms with E-state index in [4.69, 9.17) is 15.6 Å². The Morgan fingerprint density at radius 2 is 2.00 bits per heavy atom. The van der Waals surface area contributed by atoms with E-state index in [1.807, 2.05) is 38.1 Å². The fourth-order valence-corrected chi connectivity index (χ4v) is 2.96. The van der Waals surface area contributed by atoms with E-state index in [2.05, 4.69) is 5.32 Å². The van der Waals surface area contributed by atoms with Crippen molar-refractivity contribution < 1.29 is 19.7 Å². The van der Waals surface area contributed by atoms with Crippen molar-refractivity contribution in [3.05, 3.63) is 66.2 Å². The third-order valence-electron chi connectivity index (χ3n) is 4.72. The average Bonchev–Trinajstić information content (AvgIpc) is 2.71. The van der Waals surface area contributed by atoms with Crippen molar-refractivity contribution in [1.82, 2.24) is 0 Å². The lowest BCUT2D eigenvalue weighted by atomic mass is 9.79. The summed E-state index contributed by atoms with van der Waals surface area (Å²) in [7, 11) is 0. The molecule has 0 spiro atoms. The van der Waals surface area contributed by atoms with E-state index in [0.717, 1.165) is 5.56 Å². The number of allylic oxidation sites excluding steroid dienone is 1. The van der Waals surface area contributed by atoms with Crippen molar-refractivity contribution >= 4 is 17.3 Å². The number of rotatable bonds is 10. The van der Waals surface area contributed by atoms with E-state index in [9.17, 15) is 9.90 Å². The lowest BCUT2D eigenvalue weighted by molar-refractivity contribution is -0.111. The summed E-state index contributed by atoms with van der Waals surface area (Å²) < 4.78 is 5.42. The molecule has 5 N–H and O–H groups in total. The monoisotopic (exact) mass is 398 g/mol. The van der Waals surface area contributed by atoms with Gasteiger partial charge in [0.15, 0.2) is 0 Å². The van der Waals surface area contributed by atoms with Crippen LogP contribution in [0.25, 0.3) is 0 Å². The van der Waals surface area contributed by atoms with Gasteiger partial charge >= 0.3 is 0 Å². The summed E-state index contributed by atoms with van der Waals surface area (Å²) in [6.45, 7) is 4.12. The first-order valence-electron chi connectivity index (χ1n) is 9.67. The molecule has 1 amide bonds. The van der Waals surface area contributed by atoms with Gasteiger partial charge in [-0.25, -0.2) is 0 Å². The van der Waals surface area contributed by atoms with E-state index in [1.165, 1.54) is 6.08 Å². The number of carbonyl (C=O) groups excluding carboxylic acids is 1. The molecule has 0 unspecified atom stereocenters. The molecule has 0 saturated heterocycles. The Morgan fingerprint density at radius 3 is 2.72 bits per heavy atom. The summed E-state index contributed by atoms with van der Waals surface area (Å²) in [5, 5.41) is 22.4. The minimum absolute atomic E-state index is 0.0605. The number of nitrogens with one attached hydrogen (secondary N) is 1. The van der Waals surface area contributed by atoms with E-state index < -0.39 is 11.5 Å². The maximum atomic E-state index is 12.0. The number of hydrogen-bond donors (Lipinski definition) is 4. The zero-order valence-corrected chi connectivity index (χ0v) is 17.0. The normalized spacial score (nSPS) is 12.7. The number of para-hydroxylation sites is 2. The van der Waals surface area contributed by atoms with Crippen molar-refractivity contribution in [2.45, 2.75) is 32.8 Å². The van der Waals surface area contributed by atoms with Gasteiger partial charge in [-0.15, -0.1) is 0 Å². The Morgan fingerprint density at radius 1 is 1.24 bits per heavy atom. The Labute approximate surface area is 172 Å². The topological polar surface area (TPSA) is 105 Å². The molecule has 0 saturated carbocycles. The predicted molar refractivity (Wildman–Crippen MR) is 116 cm³/mol. The summed E-state index contributed by atoms with van der Waals surface area (Å²) >= 11 is 0. The molecule has 0 fully saturated rings. The van der Waals surface area contributed by atoms with Crippen molar-refractivity contribution in [1.29, 1.82) is 0 Å². The third-order valence-corrected chi connectivity index (χ3v) is 4.72. The van der Waals surface area contributed by atoms with Gasteiger partial charge in [0.25, 0.3) is 0 Å².